The number of nitrogens with zero attached hydrogens (tertiary/aromatic N) is 3. The largest absolute Gasteiger partial charge is 0.382 e. The third-order valence-electron chi connectivity index (χ3n) is 3.18. The van der Waals surface area contributed by atoms with Crippen LogP contribution in [-0.4, -0.2) is 17.0 Å². The number of hydrogen-bond donors (Lipinski definition) is 1. The normalized spacial score (nSPS) is 16.2. The quantitative estimate of drug-likeness (QED) is 0.875. The minimum atomic E-state index is 0.374. The molecular formula is C11H16N4S. The second-order valence-electron chi connectivity index (χ2n) is 4.08. The molecule has 1 aliphatic carbocycles. The Hall–Kier alpha value is -1.28. The average Bonchev–Trinajstić information content (AvgIpc) is 2.90. The molecule has 16 heavy (non-hydrogen) atoms. The van der Waals surface area contributed by atoms with Gasteiger partial charge in [0.25, 0.3) is 0 Å². The van der Waals surface area contributed by atoms with E-state index < -0.39 is 0 Å². The number of nitrogen functional groups attached to an aromatic ring is 1. The first-order valence-electron chi connectivity index (χ1n) is 5.69. The lowest BCUT2D eigenvalue weighted by atomic mass is 10.2. The highest BCUT2D eigenvalue weighted by Crippen LogP contribution is 2.35. The summed E-state index contributed by atoms with van der Waals surface area (Å²) in [7, 11) is 0. The van der Waals surface area contributed by atoms with Crippen LogP contribution in [-0.2, 0) is 0 Å². The van der Waals surface area contributed by atoms with Gasteiger partial charge in [0.05, 0.1) is 0 Å². The van der Waals surface area contributed by atoms with Gasteiger partial charge in [-0.05, 0) is 31.3 Å². The van der Waals surface area contributed by atoms with Crippen molar-refractivity contribution in [2.45, 2.75) is 38.6 Å². The van der Waals surface area contributed by atoms with Crippen LogP contribution in [0.15, 0.2) is 0 Å². The van der Waals surface area contributed by atoms with E-state index in [1.807, 2.05) is 0 Å². The molecule has 0 saturated heterocycles. The Bertz CT molecular complexity index is 401. The first-order chi connectivity index (χ1) is 7.77. The van der Waals surface area contributed by atoms with Gasteiger partial charge in [-0.1, -0.05) is 12.8 Å². The van der Waals surface area contributed by atoms with Gasteiger partial charge < -0.3 is 10.6 Å². The smallest absolute Gasteiger partial charge is 0.157 e. The summed E-state index contributed by atoms with van der Waals surface area (Å²) in [6, 6.07) is 2.73. The number of nitriles is 1. The van der Waals surface area contributed by atoms with Crippen molar-refractivity contribution in [3.8, 4) is 6.07 Å². The van der Waals surface area contributed by atoms with Crippen LogP contribution in [0.4, 0.5) is 10.8 Å². The van der Waals surface area contributed by atoms with Gasteiger partial charge >= 0.3 is 0 Å². The minimum Gasteiger partial charge on any atom is -0.382 e. The maximum atomic E-state index is 9.09. The molecule has 0 aromatic carbocycles. The molecule has 4 nitrogen and oxygen atoms in total. The van der Waals surface area contributed by atoms with Crippen molar-refractivity contribution < 1.29 is 0 Å². The van der Waals surface area contributed by atoms with E-state index in [-0.39, 0.29) is 0 Å². The Morgan fingerprint density at radius 1 is 1.56 bits per heavy atom. The Morgan fingerprint density at radius 2 is 2.25 bits per heavy atom. The topological polar surface area (TPSA) is 65.9 Å². The number of nitrogens with two attached hydrogens (primary N) is 1. The van der Waals surface area contributed by atoms with E-state index in [9.17, 15) is 0 Å². The highest BCUT2D eigenvalue weighted by Gasteiger charge is 2.26. The average molecular weight is 236 g/mol. The van der Waals surface area contributed by atoms with E-state index in [0.717, 1.165) is 11.5 Å². The lowest BCUT2D eigenvalue weighted by Gasteiger charge is -2.28. The van der Waals surface area contributed by atoms with E-state index in [2.05, 4.69) is 22.3 Å². The van der Waals surface area contributed by atoms with Gasteiger partial charge in [0, 0.05) is 12.6 Å². The van der Waals surface area contributed by atoms with Crippen molar-refractivity contribution >= 4 is 22.4 Å². The second-order valence-corrected chi connectivity index (χ2v) is 4.84. The summed E-state index contributed by atoms with van der Waals surface area (Å²) in [6.07, 6.45) is 5.02. The molecule has 86 valence electrons. The molecule has 1 fully saturated rings. The van der Waals surface area contributed by atoms with Crippen LogP contribution in [0.25, 0.3) is 0 Å². The van der Waals surface area contributed by atoms with Crippen LogP contribution in [0.5, 0.6) is 0 Å². The highest BCUT2D eigenvalue weighted by atomic mass is 32.1. The zero-order chi connectivity index (χ0) is 11.5. The maximum Gasteiger partial charge on any atom is 0.157 e. The van der Waals surface area contributed by atoms with Crippen LogP contribution in [0.1, 0.15) is 38.2 Å². The lowest BCUT2D eigenvalue weighted by molar-refractivity contribution is 0.623. The van der Waals surface area contributed by atoms with Gasteiger partial charge in [-0.3, -0.25) is 0 Å². The van der Waals surface area contributed by atoms with E-state index in [1.54, 1.807) is 0 Å². The third kappa shape index (κ3) is 1.85. The molecule has 0 radical (unpaired) electrons. The van der Waals surface area contributed by atoms with Crippen molar-refractivity contribution in [3.05, 3.63) is 5.56 Å². The standard InChI is InChI=1S/C11H16N4S/c1-2-15(8-5-3-4-6-8)11-9(7-12)10(13)14-16-11/h8H,2-6H2,1H3,(H2,13,14). The molecule has 1 heterocycles. The van der Waals surface area contributed by atoms with E-state index in [1.165, 1.54) is 37.2 Å². The Kier molecular flexibility index (Phi) is 3.30. The van der Waals surface area contributed by atoms with Crippen molar-refractivity contribution in [2.75, 3.05) is 17.2 Å². The summed E-state index contributed by atoms with van der Waals surface area (Å²) in [5.74, 6) is 0.374. The Labute approximate surface area is 99.8 Å². The van der Waals surface area contributed by atoms with E-state index >= 15 is 0 Å². The van der Waals surface area contributed by atoms with Gasteiger partial charge in [0.2, 0.25) is 0 Å². The van der Waals surface area contributed by atoms with Gasteiger partial charge in [0.15, 0.2) is 5.82 Å². The first kappa shape index (κ1) is 11.2. The fourth-order valence-corrected chi connectivity index (χ4v) is 3.28. The van der Waals surface area contributed by atoms with Crippen molar-refractivity contribution in [1.29, 1.82) is 5.26 Å². The molecule has 0 spiro atoms. The molecule has 2 rings (SSSR count). The zero-order valence-corrected chi connectivity index (χ0v) is 10.3. The molecule has 0 bridgehead atoms. The fraction of sp³-hybridized carbons (Fsp3) is 0.636. The van der Waals surface area contributed by atoms with E-state index in [0.29, 0.717) is 17.4 Å². The Morgan fingerprint density at radius 3 is 2.81 bits per heavy atom. The number of anilines is 2. The van der Waals surface area contributed by atoms with Crippen LogP contribution in [0.3, 0.4) is 0 Å². The van der Waals surface area contributed by atoms with Gasteiger partial charge in [-0.15, -0.1) is 0 Å². The third-order valence-corrected chi connectivity index (χ3v) is 4.08. The fourth-order valence-electron chi connectivity index (χ4n) is 2.38. The molecule has 0 atom stereocenters. The molecule has 5 heteroatoms. The van der Waals surface area contributed by atoms with E-state index in [4.69, 9.17) is 11.0 Å². The van der Waals surface area contributed by atoms with Crippen molar-refractivity contribution in [2.24, 2.45) is 0 Å². The summed E-state index contributed by atoms with van der Waals surface area (Å²) in [5, 5.41) is 10.0. The molecule has 1 saturated carbocycles. The summed E-state index contributed by atoms with van der Waals surface area (Å²) < 4.78 is 4.08. The predicted octanol–water partition coefficient (Wildman–Crippen LogP) is 2.37. The monoisotopic (exact) mass is 236 g/mol. The number of hydrogen-bond acceptors (Lipinski definition) is 5. The molecule has 1 aromatic heterocycles. The summed E-state index contributed by atoms with van der Waals surface area (Å²) in [5.41, 5.74) is 6.25. The van der Waals surface area contributed by atoms with Crippen molar-refractivity contribution in [1.82, 2.24) is 4.37 Å². The molecule has 0 amide bonds. The predicted molar refractivity (Wildman–Crippen MR) is 66.5 cm³/mol. The minimum absolute atomic E-state index is 0.374. The molecule has 2 N–H and O–H groups in total. The first-order valence-corrected chi connectivity index (χ1v) is 6.47. The molecule has 0 unspecified atom stereocenters. The number of aromatic nitrogens is 1. The number of rotatable bonds is 3. The van der Waals surface area contributed by atoms with Gasteiger partial charge in [0.1, 0.15) is 16.6 Å². The highest BCUT2D eigenvalue weighted by molar-refractivity contribution is 7.10. The molecule has 1 aliphatic rings. The molecule has 1 aromatic rings. The van der Waals surface area contributed by atoms with Crippen LogP contribution < -0.4 is 10.6 Å². The van der Waals surface area contributed by atoms with Crippen LogP contribution >= 0.6 is 11.5 Å². The SMILES string of the molecule is CCN(c1snc(N)c1C#N)C1CCCC1. The summed E-state index contributed by atoms with van der Waals surface area (Å²) in [4.78, 5) is 2.29. The van der Waals surface area contributed by atoms with Crippen molar-refractivity contribution in [3.63, 3.8) is 0 Å². The summed E-state index contributed by atoms with van der Waals surface area (Å²) in [6.45, 7) is 3.04. The Balaban J connectivity index is 2.29. The molecule has 0 aliphatic heterocycles. The van der Waals surface area contributed by atoms with Gasteiger partial charge in [-0.25, -0.2) is 0 Å². The van der Waals surface area contributed by atoms with Crippen LogP contribution in [0, 0.1) is 11.3 Å². The summed E-state index contributed by atoms with van der Waals surface area (Å²) >= 11 is 1.35. The van der Waals surface area contributed by atoms with Gasteiger partial charge in [-0.2, -0.15) is 9.64 Å². The second kappa shape index (κ2) is 4.71. The van der Waals surface area contributed by atoms with Crippen LogP contribution in [0.2, 0.25) is 0 Å². The maximum absolute atomic E-state index is 9.09. The lowest BCUT2D eigenvalue weighted by Crippen LogP contribution is -2.32. The zero-order valence-electron chi connectivity index (χ0n) is 9.44. The molecular weight excluding hydrogens is 220 g/mol.